The van der Waals surface area contributed by atoms with Crippen LogP contribution in [0.1, 0.15) is 21.7 Å². The number of H-pyrrole nitrogens is 1. The van der Waals surface area contributed by atoms with Crippen LogP contribution in [0.2, 0.25) is 15.5 Å². The maximum Gasteiger partial charge on any atom is 0.342 e. The van der Waals surface area contributed by atoms with Crippen LogP contribution in [0, 0.1) is 23.0 Å². The minimum absolute atomic E-state index is 0.00680. The summed E-state index contributed by atoms with van der Waals surface area (Å²) in [5, 5.41) is 9.18. The fraction of sp³-hybridized carbons (Fsp3) is 0.148. The highest BCUT2D eigenvalue weighted by Gasteiger charge is 2.20. The summed E-state index contributed by atoms with van der Waals surface area (Å²) in [6.07, 6.45) is 2.51. The van der Waals surface area contributed by atoms with E-state index in [-0.39, 0.29) is 66.5 Å². The van der Waals surface area contributed by atoms with Crippen LogP contribution in [-0.2, 0) is 11.3 Å². The minimum Gasteiger partial charge on any atom is -0.496 e. The van der Waals surface area contributed by atoms with E-state index in [0.29, 0.717) is 0 Å². The lowest BCUT2D eigenvalue weighted by Crippen LogP contribution is -2.16. The van der Waals surface area contributed by atoms with Crippen molar-refractivity contribution in [2.45, 2.75) is 6.61 Å². The monoisotopic (exact) mass is 679 g/mol. The molecule has 2 aromatic carbocycles. The fourth-order valence-corrected chi connectivity index (χ4v) is 4.40. The van der Waals surface area contributed by atoms with Gasteiger partial charge in [0.1, 0.15) is 34.7 Å². The number of imidazole rings is 1. The second kappa shape index (κ2) is 14.2. The molecule has 0 saturated heterocycles. The molecule has 0 radical (unpaired) electrons. The Morgan fingerprint density at radius 3 is 2.40 bits per heavy atom. The summed E-state index contributed by atoms with van der Waals surface area (Å²) in [7, 11) is 3.93. The Kier molecular flexibility index (Phi) is 10.3. The van der Waals surface area contributed by atoms with Gasteiger partial charge in [0.25, 0.3) is 0 Å². The number of esters is 1. The van der Waals surface area contributed by atoms with E-state index in [0.717, 1.165) is 10.6 Å². The van der Waals surface area contributed by atoms with Crippen molar-refractivity contribution >= 4 is 51.9 Å². The number of benzene rings is 2. The molecule has 0 saturated carbocycles. The van der Waals surface area contributed by atoms with Crippen molar-refractivity contribution < 1.29 is 32.5 Å². The highest BCUT2D eigenvalue weighted by molar-refractivity contribution is 6.34. The van der Waals surface area contributed by atoms with Crippen molar-refractivity contribution in [3.05, 3.63) is 91.2 Å². The van der Waals surface area contributed by atoms with Crippen LogP contribution in [0.25, 0.3) is 16.9 Å². The summed E-state index contributed by atoms with van der Waals surface area (Å²) in [6.45, 7) is -0.409. The summed E-state index contributed by atoms with van der Waals surface area (Å²) in [4.78, 5) is 41.1. The van der Waals surface area contributed by atoms with Crippen molar-refractivity contribution in [1.29, 1.82) is 5.26 Å². The van der Waals surface area contributed by atoms with Crippen molar-refractivity contribution in [1.82, 2.24) is 29.5 Å². The van der Waals surface area contributed by atoms with E-state index >= 15 is 0 Å². The van der Waals surface area contributed by atoms with Crippen LogP contribution >= 0.6 is 34.8 Å². The topological polar surface area (TPSA) is 167 Å². The summed E-state index contributed by atoms with van der Waals surface area (Å²) < 4.78 is 49.7. The number of carbonyl (C=O) groups excluding carboxylic acids is 1. The molecule has 45 heavy (non-hydrogen) atoms. The first-order valence-corrected chi connectivity index (χ1v) is 13.3. The molecule has 13 nitrogen and oxygen atoms in total. The summed E-state index contributed by atoms with van der Waals surface area (Å²) in [5.74, 6) is -2.55. The zero-order valence-corrected chi connectivity index (χ0v) is 25.5. The highest BCUT2D eigenvalue weighted by atomic mass is 35.5. The molecule has 0 atom stereocenters. The molecule has 0 spiro atoms. The molecule has 232 valence electrons. The van der Waals surface area contributed by atoms with Crippen LogP contribution in [0.15, 0.2) is 41.5 Å². The average Bonchev–Trinajstić information content (AvgIpc) is 3.36. The lowest BCUT2D eigenvalue weighted by atomic mass is 10.2. The van der Waals surface area contributed by atoms with Gasteiger partial charge in [0.05, 0.1) is 43.8 Å². The van der Waals surface area contributed by atoms with Gasteiger partial charge in [-0.25, -0.2) is 37.9 Å². The smallest absolute Gasteiger partial charge is 0.342 e. The second-order valence-electron chi connectivity index (χ2n) is 8.43. The normalized spacial score (nSPS) is 10.5. The first-order valence-electron chi connectivity index (χ1n) is 12.2. The third-order valence-corrected chi connectivity index (χ3v) is 6.64. The number of methoxy groups -OCH3 is 3. The number of hydrogen-bond donors (Lipinski definition) is 1. The largest absolute Gasteiger partial charge is 0.496 e. The van der Waals surface area contributed by atoms with Crippen molar-refractivity contribution in [2.24, 2.45) is 0 Å². The molecule has 0 aliphatic heterocycles. The number of rotatable bonds is 7. The van der Waals surface area contributed by atoms with Crippen LogP contribution < -0.4 is 19.9 Å². The van der Waals surface area contributed by atoms with Crippen molar-refractivity contribution in [3.8, 4) is 29.0 Å². The predicted molar refractivity (Wildman–Crippen MR) is 156 cm³/mol. The van der Waals surface area contributed by atoms with Gasteiger partial charge in [-0.05, 0) is 23.7 Å². The molecule has 0 unspecified atom stereocenters. The van der Waals surface area contributed by atoms with Gasteiger partial charge in [0.2, 0.25) is 11.1 Å². The third kappa shape index (κ3) is 7.04. The first-order chi connectivity index (χ1) is 21.5. The van der Waals surface area contributed by atoms with E-state index in [1.807, 2.05) is 0 Å². The number of carbonyl (C=O) groups is 1. The van der Waals surface area contributed by atoms with Crippen LogP contribution in [0.5, 0.6) is 17.2 Å². The number of aromatic nitrogens is 6. The van der Waals surface area contributed by atoms with Gasteiger partial charge in [-0.15, -0.1) is 0 Å². The van der Waals surface area contributed by atoms with Crippen LogP contribution in [-0.4, -0.2) is 56.8 Å². The van der Waals surface area contributed by atoms with Gasteiger partial charge in [-0.1, -0.05) is 23.2 Å². The van der Waals surface area contributed by atoms with Crippen molar-refractivity contribution in [3.63, 3.8) is 0 Å². The quantitative estimate of drug-likeness (QED) is 0.138. The van der Waals surface area contributed by atoms with E-state index < -0.39 is 29.9 Å². The summed E-state index contributed by atoms with van der Waals surface area (Å²) >= 11 is 17.4. The molecule has 5 aromatic rings. The SMILES string of the molecule is COC(=O)c1cnc(Cl)nc1Cl.COc1cc(Cl)c(-n2c(=O)[nH]c3cnc(C#N)nc32)cc1OCc1c(OC)ccc(F)c1F. The van der Waals surface area contributed by atoms with E-state index in [9.17, 15) is 18.4 Å². The molecule has 0 aliphatic rings. The Hall–Kier alpha value is -5.04. The third-order valence-electron chi connectivity index (χ3n) is 5.86. The standard InChI is InChI=1S/C21H14ClF2N5O4.C6H4Cl2N2O2/c1-31-15-4-3-12(23)19(24)10(15)9-33-17-6-14(11(22)5-16(17)32-2)29-20-13(27-21(29)30)8-26-18(7-25)28-20;1-12-5(11)3-2-9-6(8)10-4(3)7/h3-6,8H,9H2,1-2H3,(H,27,30);2H,1H3. The summed E-state index contributed by atoms with van der Waals surface area (Å²) in [5.41, 5.74) is -0.0964. The van der Waals surface area contributed by atoms with Gasteiger partial charge in [0.15, 0.2) is 28.8 Å². The molecular weight excluding hydrogens is 663 g/mol. The number of halogens is 5. The van der Waals surface area contributed by atoms with Crippen LogP contribution in [0.4, 0.5) is 8.78 Å². The predicted octanol–water partition coefficient (Wildman–Crippen LogP) is 5.08. The van der Waals surface area contributed by atoms with Gasteiger partial charge in [-0.2, -0.15) is 10.2 Å². The Morgan fingerprint density at radius 1 is 1.02 bits per heavy atom. The van der Waals surface area contributed by atoms with Gasteiger partial charge < -0.3 is 23.9 Å². The maximum atomic E-state index is 14.3. The lowest BCUT2D eigenvalue weighted by molar-refractivity contribution is 0.0600. The van der Waals surface area contributed by atoms with E-state index in [1.165, 1.54) is 51.9 Å². The van der Waals surface area contributed by atoms with E-state index in [2.05, 4.69) is 29.7 Å². The van der Waals surface area contributed by atoms with Gasteiger partial charge in [-0.3, -0.25) is 0 Å². The maximum absolute atomic E-state index is 14.3. The Balaban J connectivity index is 0.000000323. The Labute approximate surface area is 266 Å². The molecule has 0 amide bonds. The molecule has 5 rings (SSSR count). The van der Waals surface area contributed by atoms with E-state index in [4.69, 9.17) is 54.3 Å². The highest BCUT2D eigenvalue weighted by Crippen LogP contribution is 2.37. The molecule has 3 aromatic heterocycles. The molecule has 0 aliphatic carbocycles. The van der Waals surface area contributed by atoms with Crippen LogP contribution in [0.3, 0.4) is 0 Å². The Bertz CT molecular complexity index is 2020. The van der Waals surface area contributed by atoms with Crippen molar-refractivity contribution in [2.75, 3.05) is 21.3 Å². The molecule has 0 bridgehead atoms. The number of hydrogen-bond acceptors (Lipinski definition) is 11. The number of nitrogens with zero attached hydrogens (tertiary/aromatic N) is 6. The lowest BCUT2D eigenvalue weighted by Gasteiger charge is -2.16. The van der Waals surface area contributed by atoms with E-state index in [1.54, 1.807) is 6.07 Å². The number of ether oxygens (including phenoxy) is 4. The van der Waals surface area contributed by atoms with Gasteiger partial charge in [0, 0.05) is 18.3 Å². The number of nitrogens with one attached hydrogen (secondary N) is 1. The number of aromatic amines is 1. The summed E-state index contributed by atoms with van der Waals surface area (Å²) in [6, 6.07) is 6.80. The molecular formula is C27H18Cl3F2N7O6. The zero-order valence-electron chi connectivity index (χ0n) is 23.2. The van der Waals surface area contributed by atoms with Gasteiger partial charge >= 0.3 is 11.7 Å². The molecule has 0 fully saturated rings. The number of nitriles is 1. The fourth-order valence-electron chi connectivity index (χ4n) is 3.78. The minimum atomic E-state index is -1.11. The average molecular weight is 681 g/mol. The molecule has 1 N–H and O–H groups in total. The zero-order chi connectivity index (χ0) is 32.8. The molecule has 3 heterocycles. The first kappa shape index (κ1) is 32.9. The second-order valence-corrected chi connectivity index (χ2v) is 9.53. The Morgan fingerprint density at radius 2 is 1.76 bits per heavy atom. The number of fused-ring (bicyclic) bond motifs is 1. The molecule has 18 heteroatoms.